The Kier molecular flexibility index (Phi) is 4.88. The van der Waals surface area contributed by atoms with E-state index in [1.54, 1.807) is 31.2 Å². The summed E-state index contributed by atoms with van der Waals surface area (Å²) in [4.78, 5) is 25.4. The molecule has 6 nitrogen and oxygen atoms in total. The number of carbonyl (C=O) groups is 2. The van der Waals surface area contributed by atoms with Crippen molar-refractivity contribution in [1.29, 1.82) is 0 Å². The Labute approximate surface area is 150 Å². The lowest BCUT2D eigenvalue weighted by Crippen LogP contribution is -2.38. The number of carbonyl (C=O) groups excluding carboxylic acids is 2. The highest BCUT2D eigenvalue weighted by molar-refractivity contribution is 7.89. The second kappa shape index (κ2) is 6.97. The molecule has 0 saturated carbocycles. The van der Waals surface area contributed by atoms with Crippen molar-refractivity contribution < 1.29 is 22.4 Å². The number of hydrogen-bond donors (Lipinski definition) is 1. The minimum absolute atomic E-state index is 0.238. The fourth-order valence-corrected chi connectivity index (χ4v) is 4.02. The van der Waals surface area contributed by atoms with Gasteiger partial charge in [0.15, 0.2) is 0 Å². The maximum absolute atomic E-state index is 13.0. The van der Waals surface area contributed by atoms with Crippen LogP contribution in [0.15, 0.2) is 48.5 Å². The van der Waals surface area contributed by atoms with Crippen LogP contribution in [-0.4, -0.2) is 37.4 Å². The fourth-order valence-electron chi connectivity index (χ4n) is 2.80. The number of hydrogen-bond acceptors (Lipinski definition) is 4. The Morgan fingerprint density at radius 2 is 1.54 bits per heavy atom. The third kappa shape index (κ3) is 3.66. The molecule has 1 aliphatic heterocycles. The van der Waals surface area contributed by atoms with Crippen LogP contribution in [0.25, 0.3) is 0 Å². The van der Waals surface area contributed by atoms with E-state index in [9.17, 15) is 22.4 Å². The minimum atomic E-state index is -3.75. The molecule has 2 aromatic carbocycles. The number of amides is 2. The molecule has 0 radical (unpaired) electrons. The van der Waals surface area contributed by atoms with Gasteiger partial charge in [-0.05, 0) is 36.8 Å². The molecule has 0 fully saturated rings. The van der Waals surface area contributed by atoms with E-state index >= 15 is 0 Å². The first-order chi connectivity index (χ1) is 12.3. The largest absolute Gasteiger partial charge is 0.273 e. The Balaban J connectivity index is 1.65. The van der Waals surface area contributed by atoms with Crippen molar-refractivity contribution in [2.24, 2.45) is 0 Å². The minimum Gasteiger partial charge on any atom is -0.273 e. The molecule has 0 aliphatic carbocycles. The van der Waals surface area contributed by atoms with Gasteiger partial charge in [0.25, 0.3) is 11.8 Å². The smallest absolute Gasteiger partial charge is 0.261 e. The van der Waals surface area contributed by atoms with Gasteiger partial charge in [0.05, 0.1) is 16.9 Å². The van der Waals surface area contributed by atoms with Gasteiger partial charge in [-0.15, -0.1) is 0 Å². The van der Waals surface area contributed by atoms with E-state index in [0.29, 0.717) is 5.56 Å². The topological polar surface area (TPSA) is 83.6 Å². The number of halogens is 1. The molecule has 0 bridgehead atoms. The Bertz CT molecular complexity index is 922. The summed E-state index contributed by atoms with van der Waals surface area (Å²) in [5, 5.41) is 0. The monoisotopic (exact) mass is 376 g/mol. The highest BCUT2D eigenvalue weighted by atomic mass is 32.2. The first kappa shape index (κ1) is 18.2. The van der Waals surface area contributed by atoms with Crippen molar-refractivity contribution in [2.75, 3.05) is 12.3 Å². The van der Waals surface area contributed by atoms with Crippen LogP contribution in [0.1, 0.15) is 39.2 Å². The molecule has 0 saturated heterocycles. The van der Waals surface area contributed by atoms with Crippen molar-refractivity contribution in [1.82, 2.24) is 9.62 Å². The molecule has 2 aromatic rings. The van der Waals surface area contributed by atoms with Crippen LogP contribution < -0.4 is 4.72 Å². The molecule has 1 heterocycles. The van der Waals surface area contributed by atoms with Gasteiger partial charge >= 0.3 is 0 Å². The van der Waals surface area contributed by atoms with Crippen molar-refractivity contribution in [2.45, 2.75) is 13.0 Å². The quantitative estimate of drug-likeness (QED) is 0.783. The molecule has 2 amide bonds. The third-order valence-electron chi connectivity index (χ3n) is 4.19. The van der Waals surface area contributed by atoms with Crippen LogP contribution >= 0.6 is 0 Å². The molecular formula is C18H17FN2O4S. The highest BCUT2D eigenvalue weighted by Gasteiger charge is 2.35. The van der Waals surface area contributed by atoms with Crippen LogP contribution in [0.2, 0.25) is 0 Å². The van der Waals surface area contributed by atoms with Crippen LogP contribution in [0.5, 0.6) is 0 Å². The summed E-state index contributed by atoms with van der Waals surface area (Å²) >= 11 is 0. The summed E-state index contributed by atoms with van der Waals surface area (Å²) in [7, 11) is -3.75. The lowest BCUT2D eigenvalue weighted by Gasteiger charge is -2.17. The molecule has 0 unspecified atom stereocenters. The average molecular weight is 376 g/mol. The summed E-state index contributed by atoms with van der Waals surface area (Å²) < 4.78 is 40.0. The number of nitrogens with zero attached hydrogens (tertiary/aromatic N) is 1. The highest BCUT2D eigenvalue weighted by Crippen LogP contribution is 2.22. The summed E-state index contributed by atoms with van der Waals surface area (Å²) in [5.74, 6) is -1.81. The molecular weight excluding hydrogens is 359 g/mol. The number of fused-ring (bicyclic) bond motifs is 1. The Morgan fingerprint density at radius 1 is 1.00 bits per heavy atom. The van der Waals surface area contributed by atoms with Gasteiger partial charge in [0.1, 0.15) is 5.82 Å². The summed E-state index contributed by atoms with van der Waals surface area (Å²) in [5.41, 5.74) is 1.17. The molecule has 8 heteroatoms. The van der Waals surface area contributed by atoms with Crippen molar-refractivity contribution in [3.8, 4) is 0 Å². The summed E-state index contributed by atoms with van der Waals surface area (Å²) in [6.45, 7) is 1.39. The standard InChI is InChI=1S/C18H17FN2O4S/c1-12(13-6-8-14(19)9-7-13)20-26(24,25)11-10-21-17(22)15-4-2-3-5-16(15)18(21)23/h2-9,12,20H,10-11H2,1H3/t12-/m1/s1. The number of nitrogens with one attached hydrogen (secondary N) is 1. The SMILES string of the molecule is C[C@@H](NS(=O)(=O)CCN1C(=O)c2ccccc2C1=O)c1ccc(F)cc1. The maximum Gasteiger partial charge on any atom is 0.261 e. The lowest BCUT2D eigenvalue weighted by atomic mass is 10.1. The zero-order valence-electron chi connectivity index (χ0n) is 14.0. The second-order valence-electron chi connectivity index (χ2n) is 6.02. The van der Waals surface area contributed by atoms with Crippen molar-refractivity contribution in [3.05, 3.63) is 71.0 Å². The van der Waals surface area contributed by atoms with Crippen molar-refractivity contribution >= 4 is 21.8 Å². The van der Waals surface area contributed by atoms with Crippen LogP contribution in [0.3, 0.4) is 0 Å². The van der Waals surface area contributed by atoms with E-state index in [4.69, 9.17) is 0 Å². The number of rotatable bonds is 6. The first-order valence-electron chi connectivity index (χ1n) is 7.99. The van der Waals surface area contributed by atoms with Crippen molar-refractivity contribution in [3.63, 3.8) is 0 Å². The molecule has 1 atom stereocenters. The van der Waals surface area contributed by atoms with Gasteiger partial charge in [-0.2, -0.15) is 0 Å². The van der Waals surface area contributed by atoms with Crippen LogP contribution in [0.4, 0.5) is 4.39 Å². The Hall–Kier alpha value is -2.58. The molecule has 26 heavy (non-hydrogen) atoms. The number of sulfonamides is 1. The summed E-state index contributed by atoms with van der Waals surface area (Å²) in [6.07, 6.45) is 0. The van der Waals surface area contributed by atoms with Gasteiger partial charge in [0, 0.05) is 12.6 Å². The summed E-state index contributed by atoms with van der Waals surface area (Å²) in [6, 6.07) is 11.3. The van der Waals surface area contributed by atoms with Gasteiger partial charge in [0.2, 0.25) is 10.0 Å². The van der Waals surface area contributed by atoms with Gasteiger partial charge in [-0.25, -0.2) is 17.5 Å². The van der Waals surface area contributed by atoms with Gasteiger partial charge in [-0.1, -0.05) is 24.3 Å². The third-order valence-corrected chi connectivity index (χ3v) is 5.62. The lowest BCUT2D eigenvalue weighted by molar-refractivity contribution is 0.0664. The molecule has 3 rings (SSSR count). The zero-order chi connectivity index (χ0) is 18.9. The van der Waals surface area contributed by atoms with Crippen LogP contribution in [0, 0.1) is 5.82 Å². The Morgan fingerprint density at radius 3 is 2.08 bits per heavy atom. The zero-order valence-corrected chi connectivity index (χ0v) is 14.8. The molecule has 0 aromatic heterocycles. The number of imide groups is 1. The van der Waals surface area contributed by atoms with Gasteiger partial charge in [-0.3, -0.25) is 14.5 Å². The second-order valence-corrected chi connectivity index (χ2v) is 7.89. The van der Waals surface area contributed by atoms with E-state index in [0.717, 1.165) is 4.90 Å². The normalized spacial score (nSPS) is 15.2. The molecule has 0 spiro atoms. The maximum atomic E-state index is 13.0. The van der Waals surface area contributed by atoms with Gasteiger partial charge < -0.3 is 0 Å². The van der Waals surface area contributed by atoms with E-state index < -0.39 is 39.4 Å². The molecule has 136 valence electrons. The van der Waals surface area contributed by atoms with E-state index in [1.165, 1.54) is 24.3 Å². The number of benzene rings is 2. The van der Waals surface area contributed by atoms with E-state index in [2.05, 4.69) is 4.72 Å². The average Bonchev–Trinajstić information content (AvgIpc) is 2.85. The predicted octanol–water partition coefficient (Wildman–Crippen LogP) is 2.10. The fraction of sp³-hybridized carbons (Fsp3) is 0.222. The molecule has 1 N–H and O–H groups in total. The van der Waals surface area contributed by atoms with E-state index in [1.807, 2.05) is 0 Å². The van der Waals surface area contributed by atoms with Crippen LogP contribution in [-0.2, 0) is 10.0 Å². The predicted molar refractivity (Wildman–Crippen MR) is 93.5 cm³/mol. The van der Waals surface area contributed by atoms with E-state index in [-0.39, 0.29) is 17.7 Å². The molecule has 1 aliphatic rings. The first-order valence-corrected chi connectivity index (χ1v) is 9.64.